The number of benzene rings is 1. The second-order valence-electron chi connectivity index (χ2n) is 7.77. The summed E-state index contributed by atoms with van der Waals surface area (Å²) in [7, 11) is 0. The summed E-state index contributed by atoms with van der Waals surface area (Å²) in [4.78, 5) is 15.1. The van der Waals surface area contributed by atoms with E-state index >= 15 is 0 Å². The van der Waals surface area contributed by atoms with E-state index in [4.69, 9.17) is 4.42 Å². The molecule has 4 rings (SSSR count). The van der Waals surface area contributed by atoms with Gasteiger partial charge in [-0.25, -0.2) is 4.79 Å². The Morgan fingerprint density at radius 2 is 1.93 bits per heavy atom. The third-order valence-electron chi connectivity index (χ3n) is 6.03. The number of furan rings is 1. The maximum Gasteiger partial charge on any atom is 0.319 e. The lowest BCUT2D eigenvalue weighted by Gasteiger charge is -2.48. The van der Waals surface area contributed by atoms with Crippen LogP contribution in [0.15, 0.2) is 47.1 Å². The number of para-hydroxylation sites is 1. The number of amides is 2. The number of hydrogen-bond donors (Lipinski definition) is 2. The van der Waals surface area contributed by atoms with Crippen molar-refractivity contribution >= 4 is 11.7 Å². The fourth-order valence-electron chi connectivity index (χ4n) is 4.73. The molecule has 1 aromatic heterocycles. The van der Waals surface area contributed by atoms with Crippen LogP contribution in [0.1, 0.15) is 50.4 Å². The molecule has 0 unspecified atom stereocenters. The zero-order valence-corrected chi connectivity index (χ0v) is 16.0. The molecule has 0 aliphatic carbocycles. The van der Waals surface area contributed by atoms with Crippen molar-refractivity contribution in [2.45, 2.75) is 70.1 Å². The van der Waals surface area contributed by atoms with Gasteiger partial charge in [0.15, 0.2) is 0 Å². The lowest BCUT2D eigenvalue weighted by atomic mass is 9.81. The van der Waals surface area contributed by atoms with E-state index in [1.54, 1.807) is 6.26 Å². The van der Waals surface area contributed by atoms with E-state index in [-0.39, 0.29) is 12.1 Å². The zero-order valence-electron chi connectivity index (χ0n) is 16.0. The van der Waals surface area contributed by atoms with Crippen LogP contribution in [0.25, 0.3) is 0 Å². The summed E-state index contributed by atoms with van der Waals surface area (Å²) in [6.45, 7) is 2.99. The Kier molecular flexibility index (Phi) is 5.48. The fraction of sp³-hybridized carbons (Fsp3) is 0.500. The second kappa shape index (κ2) is 8.17. The van der Waals surface area contributed by atoms with Crippen LogP contribution in [0, 0.1) is 0 Å². The zero-order chi connectivity index (χ0) is 18.6. The molecule has 2 N–H and O–H groups in total. The number of carbonyl (C=O) groups excluding carboxylic acids is 1. The normalized spacial score (nSPS) is 25.1. The van der Waals surface area contributed by atoms with Crippen LogP contribution in [0.2, 0.25) is 0 Å². The monoisotopic (exact) mass is 367 g/mol. The van der Waals surface area contributed by atoms with E-state index < -0.39 is 0 Å². The lowest BCUT2D eigenvalue weighted by molar-refractivity contribution is 0.0150. The van der Waals surface area contributed by atoms with Gasteiger partial charge >= 0.3 is 6.03 Å². The van der Waals surface area contributed by atoms with Gasteiger partial charge in [-0.2, -0.15) is 0 Å². The largest absolute Gasteiger partial charge is 0.468 e. The van der Waals surface area contributed by atoms with E-state index in [1.165, 1.54) is 19.3 Å². The molecule has 3 heterocycles. The predicted octanol–water partition coefficient (Wildman–Crippen LogP) is 4.55. The highest BCUT2D eigenvalue weighted by Crippen LogP contribution is 2.35. The highest BCUT2D eigenvalue weighted by Gasteiger charge is 2.38. The van der Waals surface area contributed by atoms with Gasteiger partial charge < -0.3 is 15.1 Å². The molecule has 0 saturated carbocycles. The first kappa shape index (κ1) is 18.1. The molecular formula is C22H29N3O2. The van der Waals surface area contributed by atoms with Crippen molar-refractivity contribution in [3.8, 4) is 0 Å². The first-order valence-corrected chi connectivity index (χ1v) is 10.2. The number of hydrogen-bond acceptors (Lipinski definition) is 3. The standard InChI is InChI=1S/C22H29N3O2/c1-2-16-7-3-4-11-21(16)24-22(26)23-17-13-18-8-5-9-19(14-17)25(18)15-20-10-6-12-27-20/h3-4,6-7,10-12,17-19H,2,5,8-9,13-15H2,1H3,(H2,23,24,26)/t18-,19-/m1/s1. The Labute approximate surface area is 161 Å². The van der Waals surface area contributed by atoms with Crippen LogP contribution < -0.4 is 10.6 Å². The number of carbonyl (C=O) groups is 1. The second-order valence-corrected chi connectivity index (χ2v) is 7.77. The average molecular weight is 367 g/mol. The SMILES string of the molecule is CCc1ccccc1NC(=O)NC1C[C@H]2CCC[C@H](C1)N2Cc1ccco1. The van der Waals surface area contributed by atoms with Gasteiger partial charge in [0.1, 0.15) is 5.76 Å². The van der Waals surface area contributed by atoms with E-state index in [0.717, 1.165) is 42.8 Å². The van der Waals surface area contributed by atoms with Crippen LogP contribution >= 0.6 is 0 Å². The molecule has 1 aromatic carbocycles. The summed E-state index contributed by atoms with van der Waals surface area (Å²) in [6.07, 6.45) is 8.38. The molecular weight excluding hydrogens is 338 g/mol. The molecule has 2 fully saturated rings. The minimum atomic E-state index is -0.0848. The molecule has 2 aromatic rings. The van der Waals surface area contributed by atoms with Crippen molar-refractivity contribution in [1.29, 1.82) is 0 Å². The number of fused-ring (bicyclic) bond motifs is 2. The van der Waals surface area contributed by atoms with E-state index in [2.05, 4.69) is 34.6 Å². The quantitative estimate of drug-likeness (QED) is 0.815. The molecule has 5 nitrogen and oxygen atoms in total. The first-order valence-electron chi connectivity index (χ1n) is 10.2. The highest BCUT2D eigenvalue weighted by atomic mass is 16.3. The van der Waals surface area contributed by atoms with Crippen LogP contribution in [0.3, 0.4) is 0 Å². The third kappa shape index (κ3) is 4.19. The Morgan fingerprint density at radius 1 is 1.15 bits per heavy atom. The number of piperidine rings is 2. The van der Waals surface area contributed by atoms with Crippen LogP contribution in [0.5, 0.6) is 0 Å². The number of aryl methyl sites for hydroxylation is 1. The molecule has 2 bridgehead atoms. The summed E-state index contributed by atoms with van der Waals surface area (Å²) < 4.78 is 5.56. The summed E-state index contributed by atoms with van der Waals surface area (Å²) in [5.74, 6) is 1.03. The maximum absolute atomic E-state index is 12.6. The molecule has 2 aliphatic rings. The number of nitrogens with zero attached hydrogens (tertiary/aromatic N) is 1. The number of urea groups is 1. The van der Waals surface area contributed by atoms with Gasteiger partial charge in [-0.1, -0.05) is 31.5 Å². The molecule has 144 valence electrons. The minimum absolute atomic E-state index is 0.0848. The maximum atomic E-state index is 12.6. The Hall–Kier alpha value is -2.27. The molecule has 2 amide bonds. The molecule has 0 spiro atoms. The van der Waals surface area contributed by atoms with Crippen molar-refractivity contribution in [2.75, 3.05) is 5.32 Å². The van der Waals surface area contributed by atoms with Gasteiger partial charge in [-0.05, 0) is 55.9 Å². The van der Waals surface area contributed by atoms with Crippen molar-refractivity contribution in [3.63, 3.8) is 0 Å². The predicted molar refractivity (Wildman–Crippen MR) is 107 cm³/mol. The minimum Gasteiger partial charge on any atom is -0.468 e. The van der Waals surface area contributed by atoms with E-state index in [0.29, 0.717) is 12.1 Å². The number of anilines is 1. The lowest BCUT2D eigenvalue weighted by Crippen LogP contribution is -2.56. The van der Waals surface area contributed by atoms with Crippen LogP contribution in [-0.4, -0.2) is 29.1 Å². The molecule has 0 radical (unpaired) electrons. The van der Waals surface area contributed by atoms with Gasteiger partial charge in [0.05, 0.1) is 12.8 Å². The Morgan fingerprint density at radius 3 is 2.63 bits per heavy atom. The molecule has 27 heavy (non-hydrogen) atoms. The first-order chi connectivity index (χ1) is 13.2. The van der Waals surface area contributed by atoms with Crippen molar-refractivity contribution in [3.05, 3.63) is 54.0 Å². The molecule has 2 atom stereocenters. The summed E-state index contributed by atoms with van der Waals surface area (Å²) in [5, 5.41) is 6.27. The van der Waals surface area contributed by atoms with Crippen molar-refractivity contribution < 1.29 is 9.21 Å². The van der Waals surface area contributed by atoms with Crippen molar-refractivity contribution in [1.82, 2.24) is 10.2 Å². The van der Waals surface area contributed by atoms with Gasteiger partial charge in [0.2, 0.25) is 0 Å². The fourth-order valence-corrected chi connectivity index (χ4v) is 4.73. The summed E-state index contributed by atoms with van der Waals surface area (Å²) >= 11 is 0. The Bertz CT molecular complexity index is 745. The van der Waals surface area contributed by atoms with E-state index in [1.807, 2.05) is 24.3 Å². The van der Waals surface area contributed by atoms with Crippen LogP contribution in [0.4, 0.5) is 10.5 Å². The van der Waals surface area contributed by atoms with Gasteiger partial charge in [0, 0.05) is 23.8 Å². The highest BCUT2D eigenvalue weighted by molar-refractivity contribution is 5.90. The summed E-state index contributed by atoms with van der Waals surface area (Å²) in [6, 6.07) is 13.2. The number of nitrogens with one attached hydrogen (secondary N) is 2. The number of rotatable bonds is 5. The van der Waals surface area contributed by atoms with E-state index in [9.17, 15) is 4.79 Å². The topological polar surface area (TPSA) is 57.5 Å². The molecule has 2 aliphatic heterocycles. The third-order valence-corrected chi connectivity index (χ3v) is 6.03. The average Bonchev–Trinajstić information content (AvgIpc) is 3.16. The van der Waals surface area contributed by atoms with Crippen LogP contribution in [-0.2, 0) is 13.0 Å². The van der Waals surface area contributed by atoms with Gasteiger partial charge in [-0.15, -0.1) is 0 Å². The van der Waals surface area contributed by atoms with Gasteiger partial charge in [-0.3, -0.25) is 4.90 Å². The molecule has 2 saturated heterocycles. The molecule has 5 heteroatoms. The summed E-state index contributed by atoms with van der Waals surface area (Å²) in [5.41, 5.74) is 2.07. The Balaban J connectivity index is 1.36. The smallest absolute Gasteiger partial charge is 0.319 e. The van der Waals surface area contributed by atoms with Gasteiger partial charge in [0.25, 0.3) is 0 Å². The van der Waals surface area contributed by atoms with Crippen molar-refractivity contribution in [2.24, 2.45) is 0 Å².